The van der Waals surface area contributed by atoms with Gasteiger partial charge in [0.25, 0.3) is 10.0 Å². The zero-order valence-corrected chi connectivity index (χ0v) is 24.2. The van der Waals surface area contributed by atoms with Crippen LogP contribution in [0.1, 0.15) is 51.7 Å². The van der Waals surface area contributed by atoms with Gasteiger partial charge < -0.3 is 15.7 Å². The molecule has 210 valence electrons. The quantitative estimate of drug-likeness (QED) is 0.350. The molecule has 0 spiro atoms. The molecule has 0 radical (unpaired) electrons. The highest BCUT2D eigenvalue weighted by atomic mass is 32.2. The SMILES string of the molecule is CC(C)CCC1(NCC(C)C)C(=O)C(C2=NS(=O)(=O)c3cc(NS(C)(=O)=O)ccc3N2)=C(O)c2ccccc21. The number of anilines is 2. The van der Waals surface area contributed by atoms with E-state index in [-0.39, 0.29) is 45.3 Å². The summed E-state index contributed by atoms with van der Waals surface area (Å²) in [5.74, 6) is -0.611. The molecule has 2 aromatic rings. The second-order valence-electron chi connectivity index (χ2n) is 10.8. The number of carbonyl (C=O) groups excluding carboxylic acids is 1. The fraction of sp³-hybridized carbons (Fsp3) is 0.407. The number of rotatable bonds is 9. The highest BCUT2D eigenvalue weighted by Crippen LogP contribution is 2.43. The number of amidine groups is 1. The van der Waals surface area contributed by atoms with Gasteiger partial charge in [-0.1, -0.05) is 52.0 Å². The van der Waals surface area contributed by atoms with Crippen LogP contribution in [0.15, 0.2) is 57.3 Å². The summed E-state index contributed by atoms with van der Waals surface area (Å²) < 4.78 is 55.9. The van der Waals surface area contributed by atoms with E-state index in [9.17, 15) is 26.7 Å². The summed E-state index contributed by atoms with van der Waals surface area (Å²) >= 11 is 0. The maximum atomic E-state index is 14.4. The van der Waals surface area contributed by atoms with Gasteiger partial charge in [-0.2, -0.15) is 8.42 Å². The molecule has 2 aliphatic rings. The number of ketones is 1. The van der Waals surface area contributed by atoms with Gasteiger partial charge in [-0.15, -0.1) is 4.40 Å². The van der Waals surface area contributed by atoms with Crippen molar-refractivity contribution in [2.24, 2.45) is 16.2 Å². The molecule has 1 unspecified atom stereocenters. The van der Waals surface area contributed by atoms with Gasteiger partial charge in [-0.05, 0) is 55.0 Å². The van der Waals surface area contributed by atoms with E-state index in [2.05, 4.69) is 33.6 Å². The Morgan fingerprint density at radius 3 is 2.41 bits per heavy atom. The molecule has 12 heteroatoms. The first-order valence-corrected chi connectivity index (χ1v) is 16.0. The normalized spacial score (nSPS) is 20.4. The van der Waals surface area contributed by atoms with Crippen molar-refractivity contribution >= 4 is 48.8 Å². The van der Waals surface area contributed by atoms with E-state index in [4.69, 9.17) is 0 Å². The Hall–Kier alpha value is -3.22. The van der Waals surface area contributed by atoms with E-state index in [1.807, 2.05) is 26.0 Å². The first-order chi connectivity index (χ1) is 18.1. The molecule has 0 amide bonds. The molecule has 0 saturated carbocycles. The molecule has 1 aliphatic carbocycles. The number of hydrogen-bond donors (Lipinski definition) is 4. The molecule has 1 atom stereocenters. The Balaban J connectivity index is 1.87. The van der Waals surface area contributed by atoms with Crippen LogP contribution in [0, 0.1) is 11.8 Å². The van der Waals surface area contributed by atoms with Gasteiger partial charge in [0.15, 0.2) is 11.6 Å². The van der Waals surface area contributed by atoms with Gasteiger partial charge in [0.2, 0.25) is 10.0 Å². The number of Topliss-reactive ketones (excluding diaryl/α,β-unsaturated/α-hetero) is 1. The third kappa shape index (κ3) is 5.73. The molecule has 2 aromatic carbocycles. The van der Waals surface area contributed by atoms with Crippen molar-refractivity contribution in [1.82, 2.24) is 5.32 Å². The van der Waals surface area contributed by atoms with Crippen LogP contribution >= 0.6 is 0 Å². The van der Waals surface area contributed by atoms with Crippen LogP contribution in [-0.2, 0) is 30.4 Å². The number of aliphatic hydroxyl groups is 1. The van der Waals surface area contributed by atoms with Crippen molar-refractivity contribution in [3.63, 3.8) is 0 Å². The molecule has 0 fully saturated rings. The molecule has 4 rings (SSSR count). The number of nitrogens with zero attached hydrogens (tertiary/aromatic N) is 1. The summed E-state index contributed by atoms with van der Waals surface area (Å²) in [5.41, 5.74) is -0.212. The lowest BCUT2D eigenvalue weighted by atomic mass is 9.71. The maximum absolute atomic E-state index is 14.4. The van der Waals surface area contributed by atoms with Crippen LogP contribution in [0.2, 0.25) is 0 Å². The number of hydrogen-bond acceptors (Lipinski definition) is 8. The van der Waals surface area contributed by atoms with E-state index in [0.717, 1.165) is 12.3 Å². The van der Waals surface area contributed by atoms with Gasteiger partial charge in [-0.25, -0.2) is 8.42 Å². The molecule has 1 heterocycles. The number of carbonyl (C=O) groups is 1. The number of fused-ring (bicyclic) bond motifs is 2. The minimum absolute atomic E-state index is 0.0515. The highest BCUT2D eigenvalue weighted by molar-refractivity contribution is 7.92. The molecule has 4 N–H and O–H groups in total. The van der Waals surface area contributed by atoms with Crippen LogP contribution in [0.3, 0.4) is 0 Å². The molecule has 0 aromatic heterocycles. The van der Waals surface area contributed by atoms with Gasteiger partial charge in [-0.3, -0.25) is 9.52 Å². The monoisotopic (exact) mass is 574 g/mol. The summed E-state index contributed by atoms with van der Waals surface area (Å²) in [6.07, 6.45) is 2.09. The van der Waals surface area contributed by atoms with Crippen LogP contribution < -0.4 is 15.4 Å². The Kier molecular flexibility index (Phi) is 7.67. The molecule has 1 aliphatic heterocycles. The minimum Gasteiger partial charge on any atom is -0.506 e. The smallest absolute Gasteiger partial charge is 0.286 e. The van der Waals surface area contributed by atoms with Crippen molar-refractivity contribution in [2.75, 3.05) is 22.8 Å². The van der Waals surface area contributed by atoms with Crippen LogP contribution in [0.5, 0.6) is 0 Å². The van der Waals surface area contributed by atoms with Gasteiger partial charge in [0, 0.05) is 11.3 Å². The molecule has 10 nitrogen and oxygen atoms in total. The second-order valence-corrected chi connectivity index (χ2v) is 14.2. The number of aliphatic hydroxyl groups excluding tert-OH is 1. The summed E-state index contributed by atoms with van der Waals surface area (Å²) in [7, 11) is -8.00. The minimum atomic E-state index is -4.36. The Bertz CT molecular complexity index is 1580. The standard InChI is InChI=1S/C27H34N4O6S2/c1-16(2)12-13-27(28-15-17(3)4)20-9-7-6-8-19(20)24(32)23(25(27)33)26-29-21-11-10-18(30-38(5,34)35)14-22(21)39(36,37)31-26/h6-11,14,16-17,28,30,32H,12-13,15H2,1-5H3,(H,29,31). The van der Waals surface area contributed by atoms with Crippen molar-refractivity contribution < 1.29 is 26.7 Å². The number of benzene rings is 2. The summed E-state index contributed by atoms with van der Waals surface area (Å²) in [4.78, 5) is 14.1. The lowest BCUT2D eigenvalue weighted by Crippen LogP contribution is -2.54. The fourth-order valence-corrected chi connectivity index (χ4v) is 6.50. The zero-order valence-electron chi connectivity index (χ0n) is 22.6. The van der Waals surface area contributed by atoms with E-state index < -0.39 is 31.4 Å². The van der Waals surface area contributed by atoms with Crippen molar-refractivity contribution in [3.05, 3.63) is 59.2 Å². The first-order valence-electron chi connectivity index (χ1n) is 12.7. The van der Waals surface area contributed by atoms with Gasteiger partial charge in [0.05, 0.1) is 11.9 Å². The van der Waals surface area contributed by atoms with Crippen molar-refractivity contribution in [1.29, 1.82) is 0 Å². The first kappa shape index (κ1) is 28.8. The Morgan fingerprint density at radius 1 is 1.08 bits per heavy atom. The largest absolute Gasteiger partial charge is 0.506 e. The Labute approximate surface area is 229 Å². The number of nitrogens with one attached hydrogen (secondary N) is 3. The predicted octanol–water partition coefficient (Wildman–Crippen LogP) is 4.00. The van der Waals surface area contributed by atoms with Crippen LogP contribution in [0.4, 0.5) is 11.4 Å². The lowest BCUT2D eigenvalue weighted by Gasteiger charge is -2.40. The van der Waals surface area contributed by atoms with Gasteiger partial charge in [0.1, 0.15) is 21.8 Å². The Morgan fingerprint density at radius 2 is 1.77 bits per heavy atom. The fourth-order valence-electron chi connectivity index (χ4n) is 4.80. The molecule has 0 saturated heterocycles. The van der Waals surface area contributed by atoms with Crippen molar-refractivity contribution in [3.8, 4) is 0 Å². The van der Waals surface area contributed by atoms with E-state index in [1.165, 1.54) is 12.1 Å². The van der Waals surface area contributed by atoms with E-state index >= 15 is 0 Å². The average Bonchev–Trinajstić information content (AvgIpc) is 2.83. The summed E-state index contributed by atoms with van der Waals surface area (Å²) in [6.45, 7) is 8.70. The van der Waals surface area contributed by atoms with E-state index in [0.29, 0.717) is 30.5 Å². The zero-order chi connectivity index (χ0) is 28.8. The molecule has 0 bridgehead atoms. The third-order valence-electron chi connectivity index (χ3n) is 6.67. The second kappa shape index (κ2) is 10.4. The highest BCUT2D eigenvalue weighted by Gasteiger charge is 2.49. The van der Waals surface area contributed by atoms with Crippen LogP contribution in [-0.4, -0.2) is 46.4 Å². The lowest BCUT2D eigenvalue weighted by molar-refractivity contribution is -0.122. The average molecular weight is 575 g/mol. The predicted molar refractivity (Wildman–Crippen MR) is 153 cm³/mol. The van der Waals surface area contributed by atoms with Crippen LogP contribution in [0.25, 0.3) is 5.76 Å². The molecule has 39 heavy (non-hydrogen) atoms. The summed E-state index contributed by atoms with van der Waals surface area (Å²) in [5, 5.41) is 17.7. The van der Waals surface area contributed by atoms with E-state index in [1.54, 1.807) is 12.1 Å². The molecular weight excluding hydrogens is 540 g/mol. The topological polar surface area (TPSA) is 154 Å². The van der Waals surface area contributed by atoms with Gasteiger partial charge >= 0.3 is 0 Å². The van der Waals surface area contributed by atoms with Crippen molar-refractivity contribution in [2.45, 2.75) is 51.0 Å². The molecular formula is C27H34N4O6S2. The maximum Gasteiger partial charge on any atom is 0.286 e. The third-order valence-corrected chi connectivity index (χ3v) is 8.59. The summed E-state index contributed by atoms with van der Waals surface area (Å²) in [6, 6.07) is 11.0. The number of sulfonamides is 2.